The van der Waals surface area contributed by atoms with E-state index in [-0.39, 0.29) is 11.5 Å². The van der Waals surface area contributed by atoms with E-state index in [0.29, 0.717) is 11.3 Å². The molecule has 2 aromatic carbocycles. The molecule has 0 saturated carbocycles. The first-order chi connectivity index (χ1) is 11.3. The standard InChI is InChI=1S/C20H20N2O2/c1-13-6-5-7-16-17(12-21)22(19(23)18(13)16)14-8-10-15(11-9-14)24-20(2,3)4/h5-11,17H,1-4H3. The van der Waals surface area contributed by atoms with Gasteiger partial charge in [0, 0.05) is 16.8 Å². The molecule has 0 aliphatic carbocycles. The van der Waals surface area contributed by atoms with Crippen molar-refractivity contribution in [1.82, 2.24) is 0 Å². The van der Waals surface area contributed by atoms with E-state index in [4.69, 9.17) is 4.74 Å². The number of nitrogens with zero attached hydrogens (tertiary/aromatic N) is 2. The Kier molecular flexibility index (Phi) is 3.81. The van der Waals surface area contributed by atoms with Gasteiger partial charge in [-0.3, -0.25) is 9.69 Å². The van der Waals surface area contributed by atoms with Gasteiger partial charge in [0.25, 0.3) is 5.91 Å². The monoisotopic (exact) mass is 320 g/mol. The van der Waals surface area contributed by atoms with Crippen molar-refractivity contribution >= 4 is 11.6 Å². The summed E-state index contributed by atoms with van der Waals surface area (Å²) in [6, 6.07) is 14.6. The maximum absolute atomic E-state index is 12.8. The molecule has 1 aliphatic rings. The van der Waals surface area contributed by atoms with Gasteiger partial charge in [-0.25, -0.2) is 0 Å². The lowest BCUT2D eigenvalue weighted by molar-refractivity contribution is 0.0993. The molecule has 1 unspecified atom stereocenters. The van der Waals surface area contributed by atoms with Gasteiger partial charge >= 0.3 is 0 Å². The zero-order chi connectivity index (χ0) is 17.5. The van der Waals surface area contributed by atoms with Crippen LogP contribution in [-0.2, 0) is 0 Å². The van der Waals surface area contributed by atoms with Crippen molar-refractivity contribution in [3.63, 3.8) is 0 Å². The van der Waals surface area contributed by atoms with Crippen molar-refractivity contribution < 1.29 is 9.53 Å². The first-order valence-corrected chi connectivity index (χ1v) is 7.93. The molecule has 3 rings (SSSR count). The third kappa shape index (κ3) is 2.74. The van der Waals surface area contributed by atoms with Crippen LogP contribution < -0.4 is 9.64 Å². The summed E-state index contributed by atoms with van der Waals surface area (Å²) in [5.74, 6) is 0.610. The normalized spacial score (nSPS) is 16.7. The van der Waals surface area contributed by atoms with Gasteiger partial charge in [0.2, 0.25) is 0 Å². The van der Waals surface area contributed by atoms with Crippen LogP contribution in [0.1, 0.15) is 48.3 Å². The molecular weight excluding hydrogens is 300 g/mol. The number of carbonyl (C=O) groups is 1. The number of ether oxygens (including phenoxy) is 1. The van der Waals surface area contributed by atoms with E-state index in [0.717, 1.165) is 16.9 Å². The molecule has 2 aromatic rings. The fraction of sp³-hybridized carbons (Fsp3) is 0.300. The Morgan fingerprint density at radius 2 is 1.79 bits per heavy atom. The van der Waals surface area contributed by atoms with Crippen molar-refractivity contribution in [3.05, 3.63) is 59.2 Å². The molecule has 0 aromatic heterocycles. The van der Waals surface area contributed by atoms with Crippen LogP contribution in [0.3, 0.4) is 0 Å². The first-order valence-electron chi connectivity index (χ1n) is 7.93. The summed E-state index contributed by atoms with van der Waals surface area (Å²) in [6.07, 6.45) is 0. The molecule has 0 bridgehead atoms. The molecule has 0 saturated heterocycles. The smallest absolute Gasteiger partial charge is 0.260 e. The molecule has 0 N–H and O–H groups in total. The lowest BCUT2D eigenvalue weighted by Gasteiger charge is -2.23. The third-order valence-corrected chi connectivity index (χ3v) is 3.95. The van der Waals surface area contributed by atoms with Crippen molar-refractivity contribution in [2.45, 2.75) is 39.3 Å². The molecule has 0 radical (unpaired) electrons. The fourth-order valence-electron chi connectivity index (χ4n) is 3.01. The molecule has 0 spiro atoms. The minimum absolute atomic E-state index is 0.126. The second kappa shape index (κ2) is 5.68. The van der Waals surface area contributed by atoms with Gasteiger partial charge in [-0.1, -0.05) is 18.2 Å². The predicted octanol–water partition coefficient (Wildman–Crippen LogP) is 4.40. The minimum atomic E-state index is -0.596. The summed E-state index contributed by atoms with van der Waals surface area (Å²) < 4.78 is 5.81. The van der Waals surface area contributed by atoms with Crippen LogP contribution >= 0.6 is 0 Å². The van der Waals surface area contributed by atoms with Gasteiger partial charge in [0.15, 0.2) is 6.04 Å². The molecule has 1 heterocycles. The van der Waals surface area contributed by atoms with E-state index >= 15 is 0 Å². The Hall–Kier alpha value is -2.80. The topological polar surface area (TPSA) is 53.3 Å². The molecule has 122 valence electrons. The average Bonchev–Trinajstić information content (AvgIpc) is 2.80. The summed E-state index contributed by atoms with van der Waals surface area (Å²) in [4.78, 5) is 14.4. The fourth-order valence-corrected chi connectivity index (χ4v) is 3.01. The number of aryl methyl sites for hydroxylation is 1. The number of hydrogen-bond acceptors (Lipinski definition) is 3. The summed E-state index contributed by atoms with van der Waals surface area (Å²) >= 11 is 0. The second-order valence-electron chi connectivity index (χ2n) is 6.95. The molecule has 1 atom stereocenters. The van der Waals surface area contributed by atoms with Gasteiger partial charge in [0.05, 0.1) is 6.07 Å². The van der Waals surface area contributed by atoms with Crippen molar-refractivity contribution in [2.75, 3.05) is 4.90 Å². The van der Waals surface area contributed by atoms with Crippen LogP contribution in [0.5, 0.6) is 5.75 Å². The molecule has 1 amide bonds. The van der Waals surface area contributed by atoms with E-state index in [9.17, 15) is 10.1 Å². The van der Waals surface area contributed by atoms with Crippen LogP contribution in [0.15, 0.2) is 42.5 Å². The molecule has 4 nitrogen and oxygen atoms in total. The van der Waals surface area contributed by atoms with Gasteiger partial charge in [-0.2, -0.15) is 5.26 Å². The van der Waals surface area contributed by atoms with Gasteiger partial charge in [-0.15, -0.1) is 0 Å². The lowest BCUT2D eigenvalue weighted by Crippen LogP contribution is -2.27. The highest BCUT2D eigenvalue weighted by molar-refractivity contribution is 6.12. The van der Waals surface area contributed by atoms with E-state index in [1.165, 1.54) is 0 Å². The number of nitriles is 1. The minimum Gasteiger partial charge on any atom is -0.488 e. The zero-order valence-corrected chi connectivity index (χ0v) is 14.3. The summed E-state index contributed by atoms with van der Waals surface area (Å²) in [6.45, 7) is 7.84. The quantitative estimate of drug-likeness (QED) is 0.824. The summed E-state index contributed by atoms with van der Waals surface area (Å²) in [7, 11) is 0. The zero-order valence-electron chi connectivity index (χ0n) is 14.3. The third-order valence-electron chi connectivity index (χ3n) is 3.95. The molecule has 1 aliphatic heterocycles. The van der Waals surface area contributed by atoms with Crippen LogP contribution in [0.4, 0.5) is 5.69 Å². The van der Waals surface area contributed by atoms with E-state index < -0.39 is 6.04 Å². The summed E-state index contributed by atoms with van der Waals surface area (Å²) in [5, 5.41) is 9.59. The van der Waals surface area contributed by atoms with Crippen molar-refractivity contribution in [2.24, 2.45) is 0 Å². The first kappa shape index (κ1) is 16.1. The maximum Gasteiger partial charge on any atom is 0.260 e. The number of hydrogen-bond donors (Lipinski definition) is 0. The largest absolute Gasteiger partial charge is 0.488 e. The van der Waals surface area contributed by atoms with Gasteiger partial charge in [-0.05, 0) is 57.5 Å². The van der Waals surface area contributed by atoms with Gasteiger partial charge in [0.1, 0.15) is 11.4 Å². The van der Waals surface area contributed by atoms with E-state index in [1.807, 2.05) is 70.2 Å². The van der Waals surface area contributed by atoms with Crippen LogP contribution in [-0.4, -0.2) is 11.5 Å². The van der Waals surface area contributed by atoms with E-state index in [2.05, 4.69) is 6.07 Å². The van der Waals surface area contributed by atoms with Crippen molar-refractivity contribution in [1.29, 1.82) is 5.26 Å². The molecular formula is C20H20N2O2. The van der Waals surface area contributed by atoms with Crippen LogP contribution in [0, 0.1) is 18.3 Å². The van der Waals surface area contributed by atoms with Crippen LogP contribution in [0.25, 0.3) is 0 Å². The van der Waals surface area contributed by atoms with Crippen molar-refractivity contribution in [3.8, 4) is 11.8 Å². The number of carbonyl (C=O) groups excluding carboxylic acids is 1. The Balaban J connectivity index is 1.97. The highest BCUT2D eigenvalue weighted by atomic mass is 16.5. The Morgan fingerprint density at radius 3 is 2.38 bits per heavy atom. The summed E-state index contributed by atoms with van der Waals surface area (Å²) in [5.41, 5.74) is 2.72. The van der Waals surface area contributed by atoms with Crippen LogP contribution in [0.2, 0.25) is 0 Å². The second-order valence-corrected chi connectivity index (χ2v) is 6.95. The number of benzene rings is 2. The molecule has 0 fully saturated rings. The molecule has 24 heavy (non-hydrogen) atoms. The Morgan fingerprint density at radius 1 is 1.12 bits per heavy atom. The van der Waals surface area contributed by atoms with E-state index in [1.54, 1.807) is 4.90 Å². The highest BCUT2D eigenvalue weighted by Gasteiger charge is 2.38. The number of amides is 1. The van der Waals surface area contributed by atoms with Gasteiger partial charge < -0.3 is 4.74 Å². The number of rotatable bonds is 2. The Bertz CT molecular complexity index is 826. The number of anilines is 1. The molecule has 4 heteroatoms. The number of fused-ring (bicyclic) bond motifs is 1. The highest BCUT2D eigenvalue weighted by Crippen LogP contribution is 2.39. The lowest BCUT2D eigenvalue weighted by atomic mass is 10.0. The SMILES string of the molecule is Cc1cccc2c1C(=O)N(c1ccc(OC(C)(C)C)cc1)C2C#N. The average molecular weight is 320 g/mol. The maximum atomic E-state index is 12.8. The Labute approximate surface area is 142 Å². The predicted molar refractivity (Wildman–Crippen MR) is 93.2 cm³/mol.